The van der Waals surface area contributed by atoms with Crippen LogP contribution in [0.1, 0.15) is 44.1 Å². The number of benzene rings is 1. The summed E-state index contributed by atoms with van der Waals surface area (Å²) in [7, 11) is 0. The minimum atomic E-state index is 0.173. The Morgan fingerprint density at radius 2 is 2.06 bits per heavy atom. The number of piperidine rings is 1. The van der Waals surface area contributed by atoms with Crippen molar-refractivity contribution in [2.45, 2.75) is 44.8 Å². The highest BCUT2D eigenvalue weighted by Crippen LogP contribution is 2.43. The molecule has 2 atom stereocenters. The number of aromatic hydroxyl groups is 1. The second-order valence-corrected chi connectivity index (χ2v) is 5.34. The highest BCUT2D eigenvalue weighted by atomic mass is 16.5. The zero-order valence-corrected chi connectivity index (χ0v) is 10.9. The van der Waals surface area contributed by atoms with Crippen molar-refractivity contribution in [3.63, 3.8) is 0 Å². The third kappa shape index (κ3) is 1.97. The van der Waals surface area contributed by atoms with Crippen LogP contribution in [0.2, 0.25) is 0 Å². The third-order valence-corrected chi connectivity index (χ3v) is 4.18. The number of hydrogen-bond donors (Lipinski definition) is 1. The molecule has 3 nitrogen and oxygen atoms in total. The highest BCUT2D eigenvalue weighted by Gasteiger charge is 2.37. The Kier molecular flexibility index (Phi) is 3.16. The third-order valence-electron chi connectivity index (χ3n) is 4.18. The van der Waals surface area contributed by atoms with Crippen LogP contribution in [-0.2, 0) is 0 Å². The molecule has 0 spiro atoms. The molecule has 2 unspecified atom stereocenters. The molecule has 0 saturated carbocycles. The summed E-state index contributed by atoms with van der Waals surface area (Å²) in [6.45, 7) is 4.48. The number of ether oxygens (including phenoxy) is 1. The molecule has 2 aliphatic rings. The Morgan fingerprint density at radius 3 is 2.78 bits per heavy atom. The molecule has 0 aromatic heterocycles. The molecule has 98 valence electrons. The molecule has 2 heterocycles. The molecular weight excluding hydrogens is 226 g/mol. The molecule has 0 aliphatic carbocycles. The molecule has 1 aromatic rings. The fraction of sp³-hybridized carbons (Fsp3) is 0.600. The zero-order chi connectivity index (χ0) is 12.5. The molecule has 3 rings (SSSR count). The van der Waals surface area contributed by atoms with Crippen LogP contribution in [0.5, 0.6) is 11.5 Å². The summed E-state index contributed by atoms with van der Waals surface area (Å²) in [4.78, 5) is 2.47. The standard InChI is InChI=1S/C15H21NO2/c1-2-12-13-10-11(17)6-7-14(13)18-15(12)16-8-4-3-5-9-16/h6-7,10,12,15,17H,2-5,8-9H2,1H3. The predicted octanol–water partition coefficient (Wildman–Crippen LogP) is 3.09. The van der Waals surface area contributed by atoms with E-state index in [0.717, 1.165) is 25.3 Å². The van der Waals surface area contributed by atoms with Crippen LogP contribution < -0.4 is 4.74 Å². The van der Waals surface area contributed by atoms with Crippen molar-refractivity contribution in [1.29, 1.82) is 0 Å². The van der Waals surface area contributed by atoms with Crippen molar-refractivity contribution in [1.82, 2.24) is 4.90 Å². The van der Waals surface area contributed by atoms with Crippen LogP contribution in [-0.4, -0.2) is 29.3 Å². The van der Waals surface area contributed by atoms with E-state index < -0.39 is 0 Å². The summed E-state index contributed by atoms with van der Waals surface area (Å²) in [6.07, 6.45) is 5.12. The van der Waals surface area contributed by atoms with Crippen LogP contribution in [0.15, 0.2) is 18.2 Å². The van der Waals surface area contributed by atoms with Crippen molar-refractivity contribution in [2.75, 3.05) is 13.1 Å². The van der Waals surface area contributed by atoms with Gasteiger partial charge in [0.25, 0.3) is 0 Å². The van der Waals surface area contributed by atoms with E-state index >= 15 is 0 Å². The molecular formula is C15H21NO2. The number of nitrogens with zero attached hydrogens (tertiary/aromatic N) is 1. The fourth-order valence-electron chi connectivity index (χ4n) is 3.22. The van der Waals surface area contributed by atoms with Gasteiger partial charge in [-0.05, 0) is 37.5 Å². The van der Waals surface area contributed by atoms with Gasteiger partial charge in [-0.15, -0.1) is 0 Å². The minimum Gasteiger partial charge on any atom is -0.508 e. The average Bonchev–Trinajstić information content (AvgIpc) is 2.77. The number of phenols is 1. The molecule has 1 fully saturated rings. The van der Waals surface area contributed by atoms with E-state index in [1.165, 1.54) is 24.8 Å². The van der Waals surface area contributed by atoms with E-state index in [9.17, 15) is 5.11 Å². The van der Waals surface area contributed by atoms with Gasteiger partial charge < -0.3 is 9.84 Å². The average molecular weight is 247 g/mol. The SMILES string of the molecule is CCC1c2cc(O)ccc2OC1N1CCCCC1. The maximum atomic E-state index is 9.64. The smallest absolute Gasteiger partial charge is 0.159 e. The topological polar surface area (TPSA) is 32.7 Å². The quantitative estimate of drug-likeness (QED) is 0.871. The van der Waals surface area contributed by atoms with E-state index in [0.29, 0.717) is 11.7 Å². The lowest BCUT2D eigenvalue weighted by Gasteiger charge is -2.34. The largest absolute Gasteiger partial charge is 0.508 e. The van der Waals surface area contributed by atoms with Crippen molar-refractivity contribution >= 4 is 0 Å². The summed E-state index contributed by atoms with van der Waals surface area (Å²) >= 11 is 0. The van der Waals surface area contributed by atoms with Crippen molar-refractivity contribution < 1.29 is 9.84 Å². The van der Waals surface area contributed by atoms with Gasteiger partial charge in [0.05, 0.1) is 0 Å². The van der Waals surface area contributed by atoms with Gasteiger partial charge in [0.2, 0.25) is 0 Å². The van der Waals surface area contributed by atoms with Crippen molar-refractivity contribution in [2.24, 2.45) is 0 Å². The first-order chi connectivity index (χ1) is 8.79. The molecule has 2 aliphatic heterocycles. The van der Waals surface area contributed by atoms with Crippen LogP contribution in [0.25, 0.3) is 0 Å². The zero-order valence-electron chi connectivity index (χ0n) is 10.9. The molecule has 3 heteroatoms. The van der Waals surface area contributed by atoms with Gasteiger partial charge in [-0.1, -0.05) is 13.3 Å². The lowest BCUT2D eigenvalue weighted by atomic mass is 9.94. The Hall–Kier alpha value is -1.22. The number of phenolic OH excluding ortho intramolecular Hbond substituents is 1. The Bertz CT molecular complexity index is 427. The first-order valence-corrected chi connectivity index (χ1v) is 7.03. The first-order valence-electron chi connectivity index (χ1n) is 7.03. The van der Waals surface area contributed by atoms with Crippen LogP contribution in [0.3, 0.4) is 0 Å². The predicted molar refractivity (Wildman–Crippen MR) is 71.0 cm³/mol. The van der Waals surface area contributed by atoms with E-state index in [1.54, 1.807) is 6.07 Å². The molecule has 1 N–H and O–H groups in total. The van der Waals surface area contributed by atoms with Gasteiger partial charge in [0.1, 0.15) is 11.5 Å². The van der Waals surface area contributed by atoms with Crippen molar-refractivity contribution in [3.05, 3.63) is 23.8 Å². The Morgan fingerprint density at radius 1 is 1.28 bits per heavy atom. The minimum absolute atomic E-state index is 0.173. The lowest BCUT2D eigenvalue weighted by molar-refractivity contribution is 0.0104. The second kappa shape index (κ2) is 4.81. The Labute approximate surface area is 108 Å². The molecule has 1 aromatic carbocycles. The van der Waals surface area contributed by atoms with E-state index in [2.05, 4.69) is 11.8 Å². The Balaban J connectivity index is 1.86. The number of hydrogen-bond acceptors (Lipinski definition) is 3. The first kappa shape index (κ1) is 11.8. The summed E-state index contributed by atoms with van der Waals surface area (Å²) in [5.74, 6) is 1.69. The molecule has 1 saturated heterocycles. The van der Waals surface area contributed by atoms with Gasteiger partial charge in [0, 0.05) is 24.6 Å². The molecule has 0 bridgehead atoms. The van der Waals surface area contributed by atoms with Crippen LogP contribution in [0.4, 0.5) is 0 Å². The summed E-state index contributed by atoms with van der Waals surface area (Å²) in [6, 6.07) is 5.48. The number of rotatable bonds is 2. The van der Waals surface area contributed by atoms with Gasteiger partial charge in [-0.3, -0.25) is 4.90 Å². The van der Waals surface area contributed by atoms with E-state index in [1.807, 2.05) is 12.1 Å². The number of likely N-dealkylation sites (tertiary alicyclic amines) is 1. The van der Waals surface area contributed by atoms with Gasteiger partial charge in [-0.2, -0.15) is 0 Å². The van der Waals surface area contributed by atoms with Crippen LogP contribution >= 0.6 is 0 Å². The summed E-state index contributed by atoms with van der Waals surface area (Å²) in [5.41, 5.74) is 1.17. The molecule has 0 amide bonds. The van der Waals surface area contributed by atoms with Crippen molar-refractivity contribution in [3.8, 4) is 11.5 Å². The van der Waals surface area contributed by atoms with Gasteiger partial charge >= 0.3 is 0 Å². The van der Waals surface area contributed by atoms with Gasteiger partial charge in [0.15, 0.2) is 6.23 Å². The highest BCUT2D eigenvalue weighted by molar-refractivity contribution is 5.45. The summed E-state index contributed by atoms with van der Waals surface area (Å²) in [5, 5.41) is 9.64. The lowest BCUT2D eigenvalue weighted by Crippen LogP contribution is -2.43. The monoisotopic (exact) mass is 247 g/mol. The summed E-state index contributed by atoms with van der Waals surface area (Å²) < 4.78 is 6.12. The van der Waals surface area contributed by atoms with E-state index in [4.69, 9.17) is 4.74 Å². The normalized spacial score (nSPS) is 27.8. The van der Waals surface area contributed by atoms with E-state index in [-0.39, 0.29) is 6.23 Å². The van der Waals surface area contributed by atoms with Crippen LogP contribution in [0, 0.1) is 0 Å². The maximum absolute atomic E-state index is 9.64. The fourth-order valence-corrected chi connectivity index (χ4v) is 3.22. The molecule has 18 heavy (non-hydrogen) atoms. The molecule has 0 radical (unpaired) electrons. The van der Waals surface area contributed by atoms with Gasteiger partial charge in [-0.25, -0.2) is 0 Å². The second-order valence-electron chi connectivity index (χ2n) is 5.34. The number of fused-ring (bicyclic) bond motifs is 1. The maximum Gasteiger partial charge on any atom is 0.159 e.